The molecule has 0 unspecified atom stereocenters. The van der Waals surface area contributed by atoms with Crippen LogP contribution in [-0.4, -0.2) is 91.3 Å². The number of aromatic hydroxyl groups is 1. The van der Waals surface area contributed by atoms with E-state index >= 15 is 0 Å². The molecule has 0 aliphatic heterocycles. The Balaban J connectivity index is 2.05. The highest BCUT2D eigenvalue weighted by Gasteiger charge is 2.68. The van der Waals surface area contributed by atoms with Gasteiger partial charge in [-0.1, -0.05) is 19.1 Å². The van der Waals surface area contributed by atoms with Crippen molar-refractivity contribution in [3.05, 3.63) is 46.2 Å². The van der Waals surface area contributed by atoms with E-state index in [1.807, 2.05) is 6.92 Å². The van der Waals surface area contributed by atoms with Gasteiger partial charge < -0.3 is 31.3 Å². The number of phenolic OH excluding ortho intramolecular Hbond substituents is 1. The first-order valence-corrected chi connectivity index (χ1v) is 12.3. The molecule has 1 fully saturated rings. The van der Waals surface area contributed by atoms with Crippen molar-refractivity contribution < 1.29 is 39.9 Å². The van der Waals surface area contributed by atoms with E-state index in [-0.39, 0.29) is 16.9 Å². The van der Waals surface area contributed by atoms with Crippen molar-refractivity contribution in [1.29, 1.82) is 0 Å². The van der Waals surface area contributed by atoms with E-state index in [0.717, 1.165) is 0 Å². The molecule has 11 heteroatoms. The van der Waals surface area contributed by atoms with Gasteiger partial charge in [-0.3, -0.25) is 19.3 Å². The second-order valence-corrected chi connectivity index (χ2v) is 10.6. The summed E-state index contributed by atoms with van der Waals surface area (Å²) in [5.74, 6) is -7.67. The zero-order chi connectivity index (χ0) is 26.0. The number of fused-ring (bicyclic) bond motifs is 3. The first kappa shape index (κ1) is 25.2. The maximum atomic E-state index is 13.9. The zero-order valence-corrected chi connectivity index (χ0v) is 20.2. The molecule has 1 aromatic carbocycles. The number of phenols is 1. The summed E-state index contributed by atoms with van der Waals surface area (Å²) in [6, 6.07) is 3.24. The van der Waals surface area contributed by atoms with Gasteiger partial charge in [-0.15, -0.1) is 0 Å². The molecule has 35 heavy (non-hydrogen) atoms. The summed E-state index contributed by atoms with van der Waals surface area (Å²) in [5.41, 5.74) is 1.60. The number of Topliss-reactive ketones (excluding diaryl/α,β-unsaturated/α-hetero) is 2. The normalized spacial score (nSPS) is 32.5. The number of hydrogen-bond donors (Lipinski definition) is 6. The number of primary amides is 1. The Kier molecular flexibility index (Phi) is 6.25. The minimum absolute atomic E-state index is 0.00214. The number of aliphatic hydroxyl groups is 4. The van der Waals surface area contributed by atoms with Crippen LogP contribution in [0.5, 0.6) is 5.75 Å². The molecule has 6 atom stereocenters. The Morgan fingerprint density at radius 1 is 1.20 bits per heavy atom. The molecule has 3 aliphatic carbocycles. The summed E-state index contributed by atoms with van der Waals surface area (Å²) in [6.45, 7) is 1.93. The maximum absolute atomic E-state index is 13.9. The van der Waals surface area contributed by atoms with Crippen LogP contribution in [-0.2, 0) is 14.4 Å². The molecule has 1 saturated carbocycles. The number of carbonyl (C=O) groups excluding carboxylic acids is 3. The third-order valence-corrected chi connectivity index (χ3v) is 8.30. The topological polar surface area (TPSA) is 182 Å². The van der Waals surface area contributed by atoms with E-state index in [1.54, 1.807) is 12.1 Å². The van der Waals surface area contributed by atoms with Gasteiger partial charge in [0.1, 0.15) is 22.8 Å². The molecule has 4 rings (SSSR count). The third kappa shape index (κ3) is 3.33. The van der Waals surface area contributed by atoms with Crippen LogP contribution in [0.3, 0.4) is 0 Å². The standard InChI is InChI=1S/C24H28N2O8S/c1-4-35-8-10-9-6-5-7-11(27)12(9)18(28)14-13(10)19(29)16-17(26(2)3)20(30)15(23(25)33)22(32)24(16,34)21(14)31/h5-7,10,13,16-17,19,27-29,32,34H,4,8H2,1-3H3,(H2,25,33)/t10-,13+,16+,17-,19-,24-/m0/s1. The van der Waals surface area contributed by atoms with Gasteiger partial charge in [0.05, 0.1) is 23.6 Å². The highest BCUT2D eigenvalue weighted by Crippen LogP contribution is 2.56. The average Bonchev–Trinajstić information content (AvgIpc) is 2.78. The van der Waals surface area contributed by atoms with Gasteiger partial charge in [0.2, 0.25) is 5.78 Å². The lowest BCUT2D eigenvalue weighted by atomic mass is 9.54. The number of benzene rings is 1. The molecule has 0 bridgehead atoms. The van der Waals surface area contributed by atoms with E-state index < -0.39 is 70.1 Å². The quantitative estimate of drug-likeness (QED) is 0.304. The number of nitrogens with zero attached hydrogens (tertiary/aromatic N) is 1. The van der Waals surface area contributed by atoms with Gasteiger partial charge in [-0.25, -0.2) is 0 Å². The molecule has 1 aromatic rings. The first-order valence-electron chi connectivity index (χ1n) is 11.1. The van der Waals surface area contributed by atoms with Crippen molar-refractivity contribution >= 4 is 35.0 Å². The molecule has 0 heterocycles. The lowest BCUT2D eigenvalue weighted by Gasteiger charge is -2.54. The van der Waals surface area contributed by atoms with Crippen molar-refractivity contribution in [2.75, 3.05) is 25.6 Å². The van der Waals surface area contributed by atoms with Crippen molar-refractivity contribution in [3.63, 3.8) is 0 Å². The number of aliphatic hydroxyl groups excluding tert-OH is 3. The van der Waals surface area contributed by atoms with Crippen molar-refractivity contribution in [2.45, 2.75) is 30.6 Å². The lowest BCUT2D eigenvalue weighted by Crippen LogP contribution is -2.70. The predicted molar refractivity (Wildman–Crippen MR) is 128 cm³/mol. The van der Waals surface area contributed by atoms with E-state index in [4.69, 9.17) is 5.73 Å². The molecule has 0 spiro atoms. The average molecular weight is 505 g/mol. The monoisotopic (exact) mass is 504 g/mol. The number of ketones is 2. The number of likely N-dealkylation sites (N-methyl/N-ethyl adjacent to an activating group) is 1. The minimum Gasteiger partial charge on any atom is -0.508 e. The molecule has 188 valence electrons. The van der Waals surface area contributed by atoms with Crippen LogP contribution in [0.15, 0.2) is 35.1 Å². The zero-order valence-electron chi connectivity index (χ0n) is 19.4. The smallest absolute Gasteiger partial charge is 0.255 e. The number of carbonyl (C=O) groups is 3. The highest BCUT2D eigenvalue weighted by atomic mass is 32.2. The van der Waals surface area contributed by atoms with Crippen molar-refractivity contribution in [1.82, 2.24) is 4.90 Å². The van der Waals surface area contributed by atoms with E-state index in [0.29, 0.717) is 17.1 Å². The second-order valence-electron chi connectivity index (χ2n) is 9.27. The highest BCUT2D eigenvalue weighted by molar-refractivity contribution is 7.99. The van der Waals surface area contributed by atoms with Gasteiger partial charge in [0.15, 0.2) is 11.4 Å². The fraction of sp³-hybridized carbons (Fsp3) is 0.458. The molecule has 3 aliphatic rings. The van der Waals surface area contributed by atoms with Crippen molar-refractivity contribution in [2.24, 2.45) is 17.6 Å². The van der Waals surface area contributed by atoms with E-state index in [9.17, 15) is 39.9 Å². The van der Waals surface area contributed by atoms with Crippen LogP contribution < -0.4 is 5.73 Å². The lowest BCUT2D eigenvalue weighted by molar-refractivity contribution is -0.169. The minimum atomic E-state index is -2.91. The molecule has 7 N–H and O–H groups in total. The third-order valence-electron chi connectivity index (χ3n) is 7.30. The number of amides is 1. The summed E-state index contributed by atoms with van der Waals surface area (Å²) in [7, 11) is 2.95. The van der Waals surface area contributed by atoms with Crippen LogP contribution in [0.1, 0.15) is 24.0 Å². The molecule has 1 amide bonds. The molecule has 0 radical (unpaired) electrons. The molecular formula is C24H28N2O8S. The molecule has 0 aromatic heterocycles. The Bertz CT molecular complexity index is 1190. The SMILES string of the molecule is CCSC[C@H]1c2cccc(O)c2C(O)=C2C(=O)[C@]3(O)C(O)=C(C(N)=O)C(=O)[C@@H](N(C)C)[C@@H]3[C@@H](O)[C@@H]21. The van der Waals surface area contributed by atoms with Crippen LogP contribution >= 0.6 is 11.8 Å². The van der Waals surface area contributed by atoms with Gasteiger partial charge >= 0.3 is 0 Å². The summed E-state index contributed by atoms with van der Waals surface area (Å²) >= 11 is 1.52. The first-order chi connectivity index (χ1) is 16.4. The Morgan fingerprint density at radius 2 is 1.86 bits per heavy atom. The van der Waals surface area contributed by atoms with Gasteiger partial charge in [0, 0.05) is 23.2 Å². The summed E-state index contributed by atoms with van der Waals surface area (Å²) in [4.78, 5) is 40.5. The van der Waals surface area contributed by atoms with Crippen LogP contribution in [0.25, 0.3) is 5.76 Å². The van der Waals surface area contributed by atoms with Crippen molar-refractivity contribution in [3.8, 4) is 5.75 Å². The van der Waals surface area contributed by atoms with E-state index in [1.165, 1.54) is 36.8 Å². The Labute approximate surface area is 205 Å². The van der Waals surface area contributed by atoms with Gasteiger partial charge in [-0.2, -0.15) is 11.8 Å². The number of hydrogen-bond acceptors (Lipinski definition) is 10. The second kappa shape index (κ2) is 8.66. The number of thioether (sulfide) groups is 1. The molecular weight excluding hydrogens is 476 g/mol. The molecule has 0 saturated heterocycles. The molecule has 10 nitrogen and oxygen atoms in total. The Morgan fingerprint density at radius 3 is 2.43 bits per heavy atom. The predicted octanol–water partition coefficient (Wildman–Crippen LogP) is 0.229. The fourth-order valence-electron chi connectivity index (χ4n) is 5.84. The number of nitrogens with two attached hydrogens (primary N) is 1. The summed E-state index contributed by atoms with van der Waals surface area (Å²) < 4.78 is 0. The number of rotatable bonds is 5. The van der Waals surface area contributed by atoms with Crippen LogP contribution in [0.2, 0.25) is 0 Å². The van der Waals surface area contributed by atoms with Gasteiger partial charge in [-0.05, 0) is 31.5 Å². The summed E-state index contributed by atoms with van der Waals surface area (Å²) in [6.07, 6.45) is -1.60. The van der Waals surface area contributed by atoms with E-state index in [2.05, 4.69) is 0 Å². The van der Waals surface area contributed by atoms with Crippen LogP contribution in [0.4, 0.5) is 0 Å². The summed E-state index contributed by atoms with van der Waals surface area (Å²) in [5, 5.41) is 55.9. The van der Waals surface area contributed by atoms with Crippen LogP contribution in [0, 0.1) is 11.8 Å². The Hall–Kier alpha value is -2.86. The van der Waals surface area contributed by atoms with Gasteiger partial charge in [0.25, 0.3) is 5.91 Å². The fourth-order valence-corrected chi connectivity index (χ4v) is 6.71. The largest absolute Gasteiger partial charge is 0.508 e. The maximum Gasteiger partial charge on any atom is 0.255 e.